The summed E-state index contributed by atoms with van der Waals surface area (Å²) in [7, 11) is 4.00. The number of aromatic nitrogens is 3. The molecule has 0 N–H and O–H groups in total. The molecule has 0 spiro atoms. The molecule has 1 atom stereocenters. The van der Waals surface area contributed by atoms with Crippen LogP contribution in [0.3, 0.4) is 0 Å². The number of nitrogens with zero attached hydrogens (tertiary/aromatic N) is 4. The van der Waals surface area contributed by atoms with Crippen molar-refractivity contribution in [2.75, 3.05) is 19.8 Å². The molecule has 0 fully saturated rings. The molecule has 2 rings (SSSR count). The number of ketones is 1. The second-order valence-corrected chi connectivity index (χ2v) is 8.63. The van der Waals surface area contributed by atoms with Crippen molar-refractivity contribution in [3.8, 4) is 5.69 Å². The van der Waals surface area contributed by atoms with Crippen LogP contribution in [0.4, 0.5) is 0 Å². The number of rotatable bonds is 6. The number of carbonyl (C=O) groups excluding carboxylic acids is 1. The first kappa shape index (κ1) is 19.9. The smallest absolute Gasteiger partial charge is 0.196 e. The number of Topliss-reactive ketones (excluding diaryl/α,β-unsaturated/α-hetero) is 1. The summed E-state index contributed by atoms with van der Waals surface area (Å²) in [6, 6.07) is 7.64. The molecular formula is C18H25ClN4OS. The molecule has 0 saturated heterocycles. The highest BCUT2D eigenvalue weighted by molar-refractivity contribution is 7.99. The summed E-state index contributed by atoms with van der Waals surface area (Å²) in [5.41, 5.74) is 0.571. The monoisotopic (exact) mass is 380 g/mol. The van der Waals surface area contributed by atoms with Crippen LogP contribution in [-0.2, 0) is 4.79 Å². The van der Waals surface area contributed by atoms with Gasteiger partial charge in [-0.25, -0.2) is 0 Å². The lowest BCUT2D eigenvalue weighted by Gasteiger charge is -2.21. The molecule has 0 radical (unpaired) electrons. The van der Waals surface area contributed by atoms with Crippen molar-refractivity contribution < 1.29 is 4.79 Å². The zero-order valence-corrected chi connectivity index (χ0v) is 17.1. The molecule has 0 aliphatic heterocycles. The number of thioether (sulfide) groups is 1. The Bertz CT molecular complexity index is 735. The SMILES string of the molecule is CC(c1nnc(SCC(=O)C(C)(C)C)n1-c1ccc(Cl)cc1)N(C)C. The highest BCUT2D eigenvalue weighted by Crippen LogP contribution is 2.29. The maximum atomic E-state index is 12.3. The van der Waals surface area contributed by atoms with Gasteiger partial charge in [0.05, 0.1) is 11.8 Å². The zero-order chi connectivity index (χ0) is 18.8. The molecule has 25 heavy (non-hydrogen) atoms. The molecule has 0 amide bonds. The van der Waals surface area contributed by atoms with Crippen LogP contribution >= 0.6 is 23.4 Å². The maximum absolute atomic E-state index is 12.3. The van der Waals surface area contributed by atoms with Gasteiger partial charge in [-0.1, -0.05) is 44.1 Å². The Morgan fingerprint density at radius 2 is 1.84 bits per heavy atom. The second kappa shape index (κ2) is 7.89. The van der Waals surface area contributed by atoms with E-state index in [1.807, 2.05) is 63.7 Å². The van der Waals surface area contributed by atoms with Gasteiger partial charge >= 0.3 is 0 Å². The summed E-state index contributed by atoms with van der Waals surface area (Å²) in [6.07, 6.45) is 0. The van der Waals surface area contributed by atoms with Gasteiger partial charge in [0.15, 0.2) is 11.0 Å². The third-order valence-corrected chi connectivity index (χ3v) is 5.24. The number of carbonyl (C=O) groups is 1. The van der Waals surface area contributed by atoms with Gasteiger partial charge in [0.2, 0.25) is 0 Å². The van der Waals surface area contributed by atoms with Crippen LogP contribution in [0.5, 0.6) is 0 Å². The maximum Gasteiger partial charge on any atom is 0.196 e. The minimum Gasteiger partial charge on any atom is -0.300 e. The lowest BCUT2D eigenvalue weighted by Crippen LogP contribution is -2.22. The largest absolute Gasteiger partial charge is 0.300 e. The Kier molecular flexibility index (Phi) is 6.30. The van der Waals surface area contributed by atoms with Gasteiger partial charge in [0.1, 0.15) is 5.78 Å². The zero-order valence-electron chi connectivity index (χ0n) is 15.6. The number of halogens is 1. The van der Waals surface area contributed by atoms with Crippen molar-refractivity contribution in [2.24, 2.45) is 5.41 Å². The Labute approximate surface area is 158 Å². The van der Waals surface area contributed by atoms with E-state index in [1.54, 1.807) is 0 Å². The Hall–Kier alpha value is -1.37. The molecule has 0 aliphatic rings. The standard InChI is InChI=1S/C18H25ClN4OS/c1-12(22(5)6)16-20-21-17(25-11-15(24)18(2,3)4)23(16)14-9-7-13(19)8-10-14/h7-10,12H,11H2,1-6H3. The van der Waals surface area contributed by atoms with Gasteiger partial charge in [0.25, 0.3) is 0 Å². The number of hydrogen-bond acceptors (Lipinski definition) is 5. The van der Waals surface area contributed by atoms with E-state index in [0.29, 0.717) is 15.9 Å². The van der Waals surface area contributed by atoms with Gasteiger partial charge in [-0.05, 0) is 45.3 Å². The molecule has 1 unspecified atom stereocenters. The van der Waals surface area contributed by atoms with Crippen molar-refractivity contribution in [3.63, 3.8) is 0 Å². The first-order chi connectivity index (χ1) is 11.6. The quantitative estimate of drug-likeness (QED) is 0.701. The summed E-state index contributed by atoms with van der Waals surface area (Å²) in [6.45, 7) is 7.86. The summed E-state index contributed by atoms with van der Waals surface area (Å²) < 4.78 is 2.00. The van der Waals surface area contributed by atoms with E-state index in [4.69, 9.17) is 11.6 Å². The van der Waals surface area contributed by atoms with Crippen molar-refractivity contribution >= 4 is 29.1 Å². The highest BCUT2D eigenvalue weighted by atomic mass is 35.5. The predicted octanol–water partition coefficient (Wildman–Crippen LogP) is 4.25. The topological polar surface area (TPSA) is 51.0 Å². The third-order valence-electron chi connectivity index (χ3n) is 4.06. The van der Waals surface area contributed by atoms with Crippen LogP contribution in [0.15, 0.2) is 29.4 Å². The van der Waals surface area contributed by atoms with Crippen molar-refractivity contribution in [1.29, 1.82) is 0 Å². The lowest BCUT2D eigenvalue weighted by atomic mass is 9.92. The predicted molar refractivity (Wildman–Crippen MR) is 104 cm³/mol. The van der Waals surface area contributed by atoms with Crippen LogP contribution in [0, 0.1) is 5.41 Å². The van der Waals surface area contributed by atoms with E-state index in [-0.39, 0.29) is 17.2 Å². The summed E-state index contributed by atoms with van der Waals surface area (Å²) in [5, 5.41) is 10.1. The van der Waals surface area contributed by atoms with E-state index < -0.39 is 0 Å². The molecule has 1 heterocycles. The Balaban J connectivity index is 2.40. The molecule has 0 saturated carbocycles. The van der Waals surface area contributed by atoms with E-state index in [0.717, 1.165) is 11.5 Å². The summed E-state index contributed by atoms with van der Waals surface area (Å²) in [4.78, 5) is 14.3. The molecular weight excluding hydrogens is 356 g/mol. The first-order valence-corrected chi connectivity index (χ1v) is 9.51. The third kappa shape index (κ3) is 4.84. The van der Waals surface area contributed by atoms with E-state index in [1.165, 1.54) is 11.8 Å². The average Bonchev–Trinajstić information content (AvgIpc) is 2.95. The van der Waals surface area contributed by atoms with Crippen LogP contribution in [0.2, 0.25) is 5.02 Å². The van der Waals surface area contributed by atoms with Gasteiger partial charge in [-0.3, -0.25) is 14.3 Å². The van der Waals surface area contributed by atoms with Gasteiger partial charge < -0.3 is 0 Å². The van der Waals surface area contributed by atoms with Crippen molar-refractivity contribution in [3.05, 3.63) is 35.1 Å². The first-order valence-electron chi connectivity index (χ1n) is 8.15. The van der Waals surface area contributed by atoms with Crippen LogP contribution in [0.1, 0.15) is 39.6 Å². The fourth-order valence-corrected chi connectivity index (χ4v) is 3.30. The molecule has 0 aliphatic carbocycles. The highest BCUT2D eigenvalue weighted by Gasteiger charge is 2.24. The average molecular weight is 381 g/mol. The van der Waals surface area contributed by atoms with E-state index in [2.05, 4.69) is 22.0 Å². The Morgan fingerprint density at radius 1 is 1.24 bits per heavy atom. The molecule has 5 nitrogen and oxygen atoms in total. The van der Waals surface area contributed by atoms with Crippen LogP contribution in [0.25, 0.3) is 5.69 Å². The fraction of sp³-hybridized carbons (Fsp3) is 0.500. The van der Waals surface area contributed by atoms with E-state index >= 15 is 0 Å². The molecule has 7 heteroatoms. The van der Waals surface area contributed by atoms with Crippen molar-refractivity contribution in [2.45, 2.75) is 38.9 Å². The number of benzene rings is 1. The molecule has 1 aromatic heterocycles. The minimum absolute atomic E-state index is 0.0795. The van der Waals surface area contributed by atoms with Gasteiger partial charge in [-0.2, -0.15) is 0 Å². The second-order valence-electron chi connectivity index (χ2n) is 7.25. The molecule has 136 valence electrons. The Morgan fingerprint density at radius 3 is 2.36 bits per heavy atom. The van der Waals surface area contributed by atoms with Crippen LogP contribution in [-0.4, -0.2) is 45.3 Å². The van der Waals surface area contributed by atoms with Gasteiger partial charge in [0, 0.05) is 16.1 Å². The lowest BCUT2D eigenvalue weighted by molar-refractivity contribution is -0.123. The van der Waals surface area contributed by atoms with Crippen LogP contribution < -0.4 is 0 Å². The minimum atomic E-state index is -0.363. The molecule has 2 aromatic rings. The van der Waals surface area contributed by atoms with Crippen molar-refractivity contribution in [1.82, 2.24) is 19.7 Å². The van der Waals surface area contributed by atoms with E-state index in [9.17, 15) is 4.79 Å². The molecule has 0 bridgehead atoms. The number of hydrogen-bond donors (Lipinski definition) is 0. The summed E-state index contributed by atoms with van der Waals surface area (Å²) in [5.74, 6) is 1.38. The fourth-order valence-electron chi connectivity index (χ4n) is 2.06. The molecule has 1 aromatic carbocycles. The normalized spacial score (nSPS) is 13.3. The van der Waals surface area contributed by atoms with Gasteiger partial charge in [-0.15, -0.1) is 10.2 Å². The summed E-state index contributed by atoms with van der Waals surface area (Å²) >= 11 is 7.44.